The van der Waals surface area contributed by atoms with Crippen molar-refractivity contribution in [2.75, 3.05) is 13.1 Å². The molecule has 0 aromatic carbocycles. The van der Waals surface area contributed by atoms with Gasteiger partial charge in [-0.25, -0.2) is 9.97 Å². The molecule has 4 nitrogen and oxygen atoms in total. The summed E-state index contributed by atoms with van der Waals surface area (Å²) in [6, 6.07) is 2.94. The average molecular weight is 206 g/mol. The lowest BCUT2D eigenvalue weighted by Gasteiger charge is -2.29. The molecular weight excluding hydrogens is 188 g/mol. The van der Waals surface area contributed by atoms with Crippen molar-refractivity contribution in [2.45, 2.75) is 31.8 Å². The van der Waals surface area contributed by atoms with Crippen LogP contribution in [-0.4, -0.2) is 34.0 Å². The molecule has 0 saturated heterocycles. The van der Waals surface area contributed by atoms with Crippen LogP contribution in [0.1, 0.15) is 31.5 Å². The van der Waals surface area contributed by atoms with Crippen LogP contribution in [0.25, 0.3) is 0 Å². The number of likely N-dealkylation sites (N-methyl/N-ethyl adjacent to an activating group) is 1. The fourth-order valence-corrected chi connectivity index (χ4v) is 2.06. The molecule has 1 aliphatic rings. The van der Waals surface area contributed by atoms with E-state index >= 15 is 0 Å². The van der Waals surface area contributed by atoms with Crippen LogP contribution in [0.4, 0.5) is 0 Å². The van der Waals surface area contributed by atoms with Gasteiger partial charge in [-0.15, -0.1) is 0 Å². The highest BCUT2D eigenvalue weighted by Gasteiger charge is 2.33. The Hall–Kier alpha value is -1.00. The largest absolute Gasteiger partial charge is 0.329 e. The Morgan fingerprint density at radius 1 is 1.60 bits per heavy atom. The second-order valence-electron chi connectivity index (χ2n) is 3.95. The normalized spacial score (nSPS) is 18.1. The van der Waals surface area contributed by atoms with E-state index in [9.17, 15) is 0 Å². The SMILES string of the molecule is CCN(C1CC1)C(CN)c1ccncn1. The molecular formula is C11H18N4. The molecule has 1 aromatic heterocycles. The first kappa shape index (κ1) is 10.5. The summed E-state index contributed by atoms with van der Waals surface area (Å²) in [5, 5.41) is 0. The van der Waals surface area contributed by atoms with E-state index in [0.29, 0.717) is 6.54 Å². The molecule has 1 atom stereocenters. The number of hydrogen-bond donors (Lipinski definition) is 1. The van der Waals surface area contributed by atoms with E-state index in [1.54, 1.807) is 12.5 Å². The molecule has 1 fully saturated rings. The van der Waals surface area contributed by atoms with Crippen LogP contribution in [0.5, 0.6) is 0 Å². The molecule has 15 heavy (non-hydrogen) atoms. The molecule has 0 amide bonds. The molecule has 0 bridgehead atoms. The smallest absolute Gasteiger partial charge is 0.115 e. The van der Waals surface area contributed by atoms with Gasteiger partial charge in [-0.05, 0) is 25.5 Å². The van der Waals surface area contributed by atoms with Gasteiger partial charge in [-0.1, -0.05) is 6.92 Å². The van der Waals surface area contributed by atoms with Gasteiger partial charge < -0.3 is 5.73 Å². The summed E-state index contributed by atoms with van der Waals surface area (Å²) in [5.74, 6) is 0. The summed E-state index contributed by atoms with van der Waals surface area (Å²) < 4.78 is 0. The molecule has 1 aromatic rings. The van der Waals surface area contributed by atoms with E-state index in [4.69, 9.17) is 5.73 Å². The Bertz CT molecular complexity index is 297. The summed E-state index contributed by atoms with van der Waals surface area (Å²) in [5.41, 5.74) is 6.89. The first-order valence-electron chi connectivity index (χ1n) is 5.58. The molecule has 82 valence electrons. The number of nitrogens with two attached hydrogens (primary N) is 1. The zero-order valence-electron chi connectivity index (χ0n) is 9.13. The molecule has 0 aliphatic heterocycles. The fraction of sp³-hybridized carbons (Fsp3) is 0.636. The van der Waals surface area contributed by atoms with Crippen molar-refractivity contribution in [2.24, 2.45) is 5.73 Å². The lowest BCUT2D eigenvalue weighted by Crippen LogP contribution is -2.35. The van der Waals surface area contributed by atoms with Crippen LogP contribution in [0, 0.1) is 0 Å². The monoisotopic (exact) mass is 206 g/mol. The van der Waals surface area contributed by atoms with Crippen LogP contribution in [0.3, 0.4) is 0 Å². The van der Waals surface area contributed by atoms with Crippen molar-refractivity contribution >= 4 is 0 Å². The van der Waals surface area contributed by atoms with Gasteiger partial charge in [-0.3, -0.25) is 4.90 Å². The minimum absolute atomic E-state index is 0.255. The van der Waals surface area contributed by atoms with Crippen molar-refractivity contribution in [3.63, 3.8) is 0 Å². The van der Waals surface area contributed by atoms with Crippen molar-refractivity contribution in [1.82, 2.24) is 14.9 Å². The average Bonchev–Trinajstić information content (AvgIpc) is 3.11. The van der Waals surface area contributed by atoms with Gasteiger partial charge in [0.1, 0.15) is 6.33 Å². The molecule has 2 rings (SSSR count). The van der Waals surface area contributed by atoms with Gasteiger partial charge in [0.05, 0.1) is 11.7 Å². The number of rotatable bonds is 5. The van der Waals surface area contributed by atoms with Crippen LogP contribution < -0.4 is 5.73 Å². The minimum Gasteiger partial charge on any atom is -0.329 e. The van der Waals surface area contributed by atoms with Gasteiger partial charge in [0.15, 0.2) is 0 Å². The van der Waals surface area contributed by atoms with Crippen LogP contribution in [0.2, 0.25) is 0 Å². The summed E-state index contributed by atoms with van der Waals surface area (Å²) >= 11 is 0. The second kappa shape index (κ2) is 4.68. The molecule has 1 saturated carbocycles. The highest BCUT2D eigenvalue weighted by molar-refractivity contribution is 5.07. The molecule has 0 radical (unpaired) electrons. The molecule has 1 heterocycles. The third-order valence-corrected chi connectivity index (χ3v) is 2.95. The summed E-state index contributed by atoms with van der Waals surface area (Å²) in [6.07, 6.45) is 5.98. The topological polar surface area (TPSA) is 55.0 Å². The van der Waals surface area contributed by atoms with Gasteiger partial charge in [-0.2, -0.15) is 0 Å². The highest BCUT2D eigenvalue weighted by Crippen LogP contribution is 2.32. The molecule has 1 unspecified atom stereocenters. The van der Waals surface area contributed by atoms with E-state index in [-0.39, 0.29) is 6.04 Å². The Balaban J connectivity index is 2.15. The van der Waals surface area contributed by atoms with E-state index in [0.717, 1.165) is 18.3 Å². The Morgan fingerprint density at radius 3 is 2.87 bits per heavy atom. The molecule has 0 spiro atoms. The summed E-state index contributed by atoms with van der Waals surface area (Å²) in [6.45, 7) is 3.85. The maximum atomic E-state index is 5.84. The van der Waals surface area contributed by atoms with Crippen molar-refractivity contribution in [3.05, 3.63) is 24.3 Å². The van der Waals surface area contributed by atoms with Gasteiger partial charge in [0.2, 0.25) is 0 Å². The number of aromatic nitrogens is 2. The van der Waals surface area contributed by atoms with E-state index < -0.39 is 0 Å². The van der Waals surface area contributed by atoms with E-state index in [1.807, 2.05) is 6.07 Å². The van der Waals surface area contributed by atoms with Crippen molar-refractivity contribution in [3.8, 4) is 0 Å². The highest BCUT2D eigenvalue weighted by atomic mass is 15.2. The Morgan fingerprint density at radius 2 is 2.40 bits per heavy atom. The van der Waals surface area contributed by atoms with Gasteiger partial charge in [0, 0.05) is 18.8 Å². The summed E-state index contributed by atoms with van der Waals surface area (Å²) in [4.78, 5) is 10.7. The first-order chi connectivity index (χ1) is 7.36. The van der Waals surface area contributed by atoms with E-state index in [1.165, 1.54) is 12.8 Å². The molecule has 1 aliphatic carbocycles. The predicted molar refractivity (Wildman–Crippen MR) is 59.2 cm³/mol. The number of hydrogen-bond acceptors (Lipinski definition) is 4. The lowest BCUT2D eigenvalue weighted by atomic mass is 10.1. The van der Waals surface area contributed by atoms with Gasteiger partial charge in [0.25, 0.3) is 0 Å². The summed E-state index contributed by atoms with van der Waals surface area (Å²) in [7, 11) is 0. The third kappa shape index (κ3) is 2.33. The number of nitrogens with zero attached hydrogens (tertiary/aromatic N) is 3. The quantitative estimate of drug-likeness (QED) is 0.779. The third-order valence-electron chi connectivity index (χ3n) is 2.95. The van der Waals surface area contributed by atoms with Crippen molar-refractivity contribution in [1.29, 1.82) is 0 Å². The van der Waals surface area contributed by atoms with Crippen LogP contribution in [-0.2, 0) is 0 Å². The lowest BCUT2D eigenvalue weighted by molar-refractivity contribution is 0.198. The second-order valence-corrected chi connectivity index (χ2v) is 3.95. The van der Waals surface area contributed by atoms with Gasteiger partial charge >= 0.3 is 0 Å². The molecule has 4 heteroatoms. The minimum atomic E-state index is 0.255. The standard InChI is InChI=1S/C11H18N4/c1-2-15(9-3-4-9)11(7-12)10-5-6-13-8-14-10/h5-6,8-9,11H,2-4,7,12H2,1H3. The zero-order valence-corrected chi connectivity index (χ0v) is 9.13. The predicted octanol–water partition coefficient (Wildman–Crippen LogP) is 0.961. The zero-order chi connectivity index (χ0) is 10.7. The van der Waals surface area contributed by atoms with Crippen LogP contribution in [0.15, 0.2) is 18.6 Å². The molecule has 2 N–H and O–H groups in total. The van der Waals surface area contributed by atoms with E-state index in [2.05, 4.69) is 21.8 Å². The van der Waals surface area contributed by atoms with Crippen molar-refractivity contribution < 1.29 is 0 Å². The maximum Gasteiger partial charge on any atom is 0.115 e. The Kier molecular flexibility index (Phi) is 3.28. The maximum absolute atomic E-state index is 5.84. The Labute approximate surface area is 90.5 Å². The van der Waals surface area contributed by atoms with Crippen LogP contribution >= 0.6 is 0 Å². The first-order valence-corrected chi connectivity index (χ1v) is 5.58. The fourth-order valence-electron chi connectivity index (χ4n) is 2.06.